The van der Waals surface area contributed by atoms with Gasteiger partial charge in [-0.3, -0.25) is 14.4 Å². The van der Waals surface area contributed by atoms with Crippen molar-refractivity contribution in [2.24, 2.45) is 22.7 Å². The molecular formula is C31H25ClFNO3. The zero-order valence-electron chi connectivity index (χ0n) is 20.5. The quantitative estimate of drug-likeness (QED) is 0.362. The van der Waals surface area contributed by atoms with Gasteiger partial charge in [-0.2, -0.15) is 0 Å². The Morgan fingerprint density at radius 2 is 1.22 bits per heavy atom. The van der Waals surface area contributed by atoms with Gasteiger partial charge in [-0.15, -0.1) is 0 Å². The molecule has 0 radical (unpaired) electrons. The smallest absolute Gasteiger partial charge is 0.239 e. The minimum Gasteiger partial charge on any atom is -0.298 e. The van der Waals surface area contributed by atoms with Gasteiger partial charge in [0.1, 0.15) is 5.82 Å². The van der Waals surface area contributed by atoms with E-state index in [1.165, 1.54) is 12.1 Å². The lowest BCUT2D eigenvalue weighted by Crippen LogP contribution is -2.41. The molecule has 37 heavy (non-hydrogen) atoms. The maximum Gasteiger partial charge on any atom is 0.239 e. The number of rotatable bonds is 5. The van der Waals surface area contributed by atoms with Gasteiger partial charge in [0.15, 0.2) is 5.78 Å². The van der Waals surface area contributed by atoms with Gasteiger partial charge >= 0.3 is 0 Å². The van der Waals surface area contributed by atoms with E-state index in [0.717, 1.165) is 33.2 Å². The second-order valence-corrected chi connectivity index (χ2v) is 10.4. The molecule has 2 fully saturated rings. The summed E-state index contributed by atoms with van der Waals surface area (Å²) in [5, 5.41) is -0.0901. The first-order valence-electron chi connectivity index (χ1n) is 12.6. The topological polar surface area (TPSA) is 54.5 Å². The van der Waals surface area contributed by atoms with Crippen molar-refractivity contribution in [3.05, 3.63) is 101 Å². The summed E-state index contributed by atoms with van der Waals surface area (Å²) >= 11 is 5.88. The molecule has 3 aromatic rings. The number of halogens is 2. The molecular weight excluding hydrogens is 489 g/mol. The van der Waals surface area contributed by atoms with Crippen molar-refractivity contribution < 1.29 is 18.8 Å². The number of fused-ring (bicyclic) bond motifs is 5. The van der Waals surface area contributed by atoms with Crippen LogP contribution in [0.15, 0.2) is 78.9 Å². The van der Waals surface area contributed by atoms with Crippen molar-refractivity contribution in [2.75, 3.05) is 4.90 Å². The number of hydrogen-bond donors (Lipinski definition) is 0. The summed E-state index contributed by atoms with van der Waals surface area (Å²) in [5.41, 5.74) is 1.22. The fraction of sp³-hybridized carbons (Fsp3) is 0.258. The molecule has 4 nitrogen and oxygen atoms in total. The molecule has 2 bridgehead atoms. The summed E-state index contributed by atoms with van der Waals surface area (Å²) in [5.74, 6) is -3.40. The van der Waals surface area contributed by atoms with E-state index in [9.17, 15) is 18.8 Å². The average molecular weight is 514 g/mol. The molecule has 3 aliphatic rings. The molecule has 1 heterocycles. The molecule has 2 aliphatic carbocycles. The van der Waals surface area contributed by atoms with E-state index in [4.69, 9.17) is 11.6 Å². The van der Waals surface area contributed by atoms with E-state index in [0.29, 0.717) is 12.8 Å². The van der Waals surface area contributed by atoms with Crippen LogP contribution in [0, 0.1) is 28.5 Å². The Morgan fingerprint density at radius 1 is 0.757 bits per heavy atom. The first-order valence-corrected chi connectivity index (χ1v) is 13.0. The molecule has 0 spiro atoms. The van der Waals surface area contributed by atoms with Crippen LogP contribution in [0.25, 0.3) is 11.1 Å². The van der Waals surface area contributed by atoms with E-state index >= 15 is 0 Å². The second kappa shape index (κ2) is 8.22. The van der Waals surface area contributed by atoms with E-state index in [1.54, 1.807) is 0 Å². The number of benzene rings is 3. The number of anilines is 1. The third-order valence-electron chi connectivity index (χ3n) is 8.72. The molecule has 1 saturated carbocycles. The highest BCUT2D eigenvalue weighted by Gasteiger charge is 2.80. The lowest BCUT2D eigenvalue weighted by molar-refractivity contribution is -0.134. The number of ketones is 1. The largest absolute Gasteiger partial charge is 0.298 e. The van der Waals surface area contributed by atoms with Crippen molar-refractivity contribution in [1.29, 1.82) is 0 Å². The third kappa shape index (κ3) is 2.81. The van der Waals surface area contributed by atoms with Crippen molar-refractivity contribution in [2.45, 2.75) is 26.7 Å². The first kappa shape index (κ1) is 23.8. The van der Waals surface area contributed by atoms with Crippen LogP contribution in [0.4, 0.5) is 10.1 Å². The molecule has 0 N–H and O–H groups in total. The Hall–Kier alpha value is -3.57. The SMILES string of the molecule is CC[C@]12C(=O)[C@@](CC)(C(c3ccccc3)=C1c1ccccc1)[C@H]1C(=O)N(c3ccc(Cl)c(F)c3)C(=O)[C@H]12. The zero-order chi connectivity index (χ0) is 26.1. The number of imide groups is 1. The number of allylic oxidation sites excluding steroid dienone is 2. The Kier molecular flexibility index (Phi) is 5.29. The first-order chi connectivity index (χ1) is 17.8. The molecule has 186 valence electrons. The second-order valence-electron chi connectivity index (χ2n) is 10.0. The molecule has 6 rings (SSSR count). The predicted molar refractivity (Wildman–Crippen MR) is 141 cm³/mol. The molecule has 1 saturated heterocycles. The highest BCUT2D eigenvalue weighted by atomic mass is 35.5. The molecule has 0 aromatic heterocycles. The summed E-state index contributed by atoms with van der Waals surface area (Å²) in [7, 11) is 0. The monoisotopic (exact) mass is 513 g/mol. The Balaban J connectivity index is 1.66. The van der Waals surface area contributed by atoms with Crippen LogP contribution in [0.1, 0.15) is 37.8 Å². The predicted octanol–water partition coefficient (Wildman–Crippen LogP) is 6.58. The summed E-state index contributed by atoms with van der Waals surface area (Å²) in [6.45, 7) is 3.83. The van der Waals surface area contributed by atoms with Crippen LogP contribution in [-0.2, 0) is 14.4 Å². The van der Waals surface area contributed by atoms with Crippen molar-refractivity contribution >= 4 is 46.0 Å². The summed E-state index contributed by atoms with van der Waals surface area (Å²) < 4.78 is 14.4. The maximum atomic E-state index is 14.6. The minimum absolute atomic E-state index is 0.0543. The van der Waals surface area contributed by atoms with E-state index < -0.39 is 40.3 Å². The van der Waals surface area contributed by atoms with Crippen LogP contribution in [-0.4, -0.2) is 17.6 Å². The molecule has 1 aliphatic heterocycles. The molecule has 6 heteroatoms. The van der Waals surface area contributed by atoms with E-state index in [-0.39, 0.29) is 16.5 Å². The molecule has 0 unspecified atom stereocenters. The highest BCUT2D eigenvalue weighted by Crippen LogP contribution is 2.75. The highest BCUT2D eigenvalue weighted by molar-refractivity contribution is 6.35. The Labute approximate surface area is 219 Å². The fourth-order valence-electron chi connectivity index (χ4n) is 7.33. The van der Waals surface area contributed by atoms with Crippen LogP contribution in [0.3, 0.4) is 0 Å². The Morgan fingerprint density at radius 3 is 1.62 bits per heavy atom. The number of Topliss-reactive ketones (excluding diaryl/α,β-unsaturated/α-hetero) is 1. The van der Waals surface area contributed by atoms with Gasteiger partial charge in [-0.05, 0) is 53.3 Å². The average Bonchev–Trinajstić information content (AvgIpc) is 3.42. The molecule has 4 atom stereocenters. The van der Waals surface area contributed by atoms with Crippen LogP contribution < -0.4 is 4.90 Å². The van der Waals surface area contributed by atoms with Gasteiger partial charge in [0.05, 0.1) is 33.4 Å². The van der Waals surface area contributed by atoms with Crippen LogP contribution in [0.2, 0.25) is 5.02 Å². The lowest BCUT2D eigenvalue weighted by atomic mass is 9.60. The maximum absolute atomic E-state index is 14.6. The standard InChI is InChI=1S/C31H25ClFNO3/c1-3-30-23(18-11-7-5-8-12-18)24(19-13-9-6-10-14-19)31(4-2,29(30)37)26-25(30)27(35)34(28(26)36)20-15-16-21(32)22(33)17-20/h5-17,25-26H,3-4H2,1-2H3/t25-,26+,30-,31-/m0/s1. The van der Waals surface area contributed by atoms with Crippen molar-refractivity contribution in [3.63, 3.8) is 0 Å². The van der Waals surface area contributed by atoms with Gasteiger partial charge in [-0.1, -0.05) is 86.1 Å². The van der Waals surface area contributed by atoms with Gasteiger partial charge < -0.3 is 0 Å². The fourth-order valence-corrected chi connectivity index (χ4v) is 7.45. The van der Waals surface area contributed by atoms with E-state index in [2.05, 4.69) is 0 Å². The minimum atomic E-state index is -1.17. The molecule has 3 aromatic carbocycles. The number of hydrogen-bond acceptors (Lipinski definition) is 3. The third-order valence-corrected chi connectivity index (χ3v) is 9.03. The lowest BCUT2D eigenvalue weighted by Gasteiger charge is -2.38. The van der Waals surface area contributed by atoms with Crippen molar-refractivity contribution in [3.8, 4) is 0 Å². The Bertz CT molecular complexity index is 1420. The normalized spacial score (nSPS) is 28.4. The zero-order valence-corrected chi connectivity index (χ0v) is 21.3. The van der Waals surface area contributed by atoms with Crippen molar-refractivity contribution in [1.82, 2.24) is 0 Å². The number of amides is 2. The molecule has 2 amide bonds. The summed E-state index contributed by atoms with van der Waals surface area (Å²) in [6.07, 6.45) is 0.744. The van der Waals surface area contributed by atoms with Crippen LogP contribution >= 0.6 is 11.6 Å². The number of carbonyl (C=O) groups is 3. The van der Waals surface area contributed by atoms with Gasteiger partial charge in [0.2, 0.25) is 11.8 Å². The number of nitrogens with zero attached hydrogens (tertiary/aromatic N) is 1. The van der Waals surface area contributed by atoms with Crippen LogP contribution in [0.5, 0.6) is 0 Å². The summed E-state index contributed by atoms with van der Waals surface area (Å²) in [6, 6.07) is 23.3. The summed E-state index contributed by atoms with van der Waals surface area (Å²) in [4.78, 5) is 44.0. The van der Waals surface area contributed by atoms with Gasteiger partial charge in [0, 0.05) is 0 Å². The van der Waals surface area contributed by atoms with Gasteiger partial charge in [0.25, 0.3) is 0 Å². The van der Waals surface area contributed by atoms with E-state index in [1.807, 2.05) is 74.5 Å². The number of carbonyl (C=O) groups excluding carboxylic acids is 3. The van der Waals surface area contributed by atoms with Gasteiger partial charge in [-0.25, -0.2) is 9.29 Å².